The highest BCUT2D eigenvalue weighted by atomic mass is 32.1. The molecule has 4 N–H and O–H groups in total. The fraction of sp³-hybridized carbons (Fsp3) is 0.533. The predicted octanol–water partition coefficient (Wildman–Crippen LogP) is 2.72. The van der Waals surface area contributed by atoms with Gasteiger partial charge in [0.2, 0.25) is 0 Å². The van der Waals surface area contributed by atoms with Gasteiger partial charge in [-0.15, -0.1) is 5.10 Å². The Morgan fingerprint density at radius 2 is 2.14 bits per heavy atom. The van der Waals surface area contributed by atoms with Crippen LogP contribution >= 0.6 is 11.5 Å². The highest BCUT2D eigenvalue weighted by Gasteiger charge is 2.18. The van der Waals surface area contributed by atoms with E-state index in [1.807, 2.05) is 18.2 Å². The molecule has 0 radical (unpaired) electrons. The molecule has 6 nitrogen and oxygen atoms in total. The molecule has 0 atom stereocenters. The fourth-order valence-electron chi connectivity index (χ4n) is 2.90. The summed E-state index contributed by atoms with van der Waals surface area (Å²) in [5, 5.41) is 9.75. The van der Waals surface area contributed by atoms with Crippen molar-refractivity contribution in [2.45, 2.75) is 38.1 Å². The van der Waals surface area contributed by atoms with Gasteiger partial charge in [-0.05, 0) is 67.8 Å². The molecule has 118 valence electrons. The smallest absolute Gasteiger partial charge is 0.319 e. The Balaban J connectivity index is 1.42. The standard InChI is InChI=1S/C15H21N5OS/c16-11-3-1-10(2-4-11)7-8-17-15(21)18-12-5-6-13-14(9-12)22-20-19-13/h5-6,9-11H,1-4,7-8,16H2,(H2,17,18,21). The zero-order chi connectivity index (χ0) is 15.4. The van der Waals surface area contributed by atoms with E-state index < -0.39 is 0 Å². The Kier molecular flexibility index (Phi) is 4.84. The van der Waals surface area contributed by atoms with Gasteiger partial charge in [0.15, 0.2) is 0 Å². The van der Waals surface area contributed by atoms with E-state index in [1.165, 1.54) is 24.4 Å². The van der Waals surface area contributed by atoms with E-state index in [1.54, 1.807) is 0 Å². The molecule has 2 aromatic rings. The summed E-state index contributed by atoms with van der Waals surface area (Å²) in [6.45, 7) is 0.704. The van der Waals surface area contributed by atoms with Crippen molar-refractivity contribution in [1.82, 2.24) is 14.9 Å². The molecule has 1 fully saturated rings. The summed E-state index contributed by atoms with van der Waals surface area (Å²) in [5.41, 5.74) is 7.52. The summed E-state index contributed by atoms with van der Waals surface area (Å²) in [4.78, 5) is 11.9. The second-order valence-electron chi connectivity index (χ2n) is 5.91. The first-order chi connectivity index (χ1) is 10.7. The van der Waals surface area contributed by atoms with E-state index in [0.29, 0.717) is 18.5 Å². The van der Waals surface area contributed by atoms with Crippen LogP contribution in [0.25, 0.3) is 10.2 Å². The van der Waals surface area contributed by atoms with Crippen LogP contribution < -0.4 is 16.4 Å². The first kappa shape index (κ1) is 15.2. The van der Waals surface area contributed by atoms with Crippen molar-refractivity contribution in [3.8, 4) is 0 Å². The number of carbonyl (C=O) groups is 1. The minimum Gasteiger partial charge on any atom is -0.338 e. The third-order valence-electron chi connectivity index (χ3n) is 4.23. The molecule has 0 spiro atoms. The van der Waals surface area contributed by atoms with Crippen LogP contribution in [0.1, 0.15) is 32.1 Å². The van der Waals surface area contributed by atoms with E-state index in [-0.39, 0.29) is 6.03 Å². The molecule has 1 aromatic carbocycles. The number of carbonyl (C=O) groups excluding carboxylic acids is 1. The van der Waals surface area contributed by atoms with Crippen molar-refractivity contribution < 1.29 is 4.79 Å². The lowest BCUT2D eigenvalue weighted by Gasteiger charge is -2.25. The number of rotatable bonds is 4. The first-order valence-corrected chi connectivity index (χ1v) is 8.50. The van der Waals surface area contributed by atoms with E-state index in [9.17, 15) is 4.79 Å². The molecule has 7 heteroatoms. The topological polar surface area (TPSA) is 92.9 Å². The summed E-state index contributed by atoms with van der Waals surface area (Å²) >= 11 is 1.32. The van der Waals surface area contributed by atoms with Crippen molar-refractivity contribution >= 4 is 33.5 Å². The zero-order valence-corrected chi connectivity index (χ0v) is 13.2. The van der Waals surface area contributed by atoms with Gasteiger partial charge in [0.05, 0.1) is 4.70 Å². The highest BCUT2D eigenvalue weighted by Crippen LogP contribution is 2.25. The molecule has 3 rings (SSSR count). The van der Waals surface area contributed by atoms with Gasteiger partial charge in [0, 0.05) is 18.3 Å². The molecule has 0 saturated heterocycles. The number of amides is 2. The lowest BCUT2D eigenvalue weighted by Crippen LogP contribution is -2.32. The molecule has 0 bridgehead atoms. The predicted molar refractivity (Wildman–Crippen MR) is 89.0 cm³/mol. The summed E-state index contributed by atoms with van der Waals surface area (Å²) < 4.78 is 4.85. The van der Waals surface area contributed by atoms with E-state index in [4.69, 9.17) is 5.73 Å². The van der Waals surface area contributed by atoms with Crippen LogP contribution in [-0.4, -0.2) is 28.2 Å². The summed E-state index contributed by atoms with van der Waals surface area (Å²) in [5.74, 6) is 0.694. The van der Waals surface area contributed by atoms with Crippen LogP contribution in [0, 0.1) is 5.92 Å². The Bertz CT molecular complexity index is 636. The lowest BCUT2D eigenvalue weighted by atomic mass is 9.84. The Labute approximate surface area is 133 Å². The number of nitrogens with zero attached hydrogens (tertiary/aromatic N) is 2. The molecule has 1 heterocycles. The van der Waals surface area contributed by atoms with E-state index in [2.05, 4.69) is 20.2 Å². The van der Waals surface area contributed by atoms with Crippen LogP contribution in [0.3, 0.4) is 0 Å². The van der Waals surface area contributed by atoms with Gasteiger partial charge in [0.1, 0.15) is 5.52 Å². The summed E-state index contributed by atoms with van der Waals surface area (Å²) in [6.07, 6.45) is 5.61. The van der Waals surface area contributed by atoms with E-state index in [0.717, 1.165) is 35.2 Å². The van der Waals surface area contributed by atoms with Crippen LogP contribution in [0.4, 0.5) is 10.5 Å². The Hall–Kier alpha value is -1.73. The molecule has 1 aliphatic rings. The number of benzene rings is 1. The summed E-state index contributed by atoms with van der Waals surface area (Å²) in [7, 11) is 0. The maximum absolute atomic E-state index is 11.9. The van der Waals surface area contributed by atoms with Gasteiger partial charge in [-0.1, -0.05) is 4.49 Å². The van der Waals surface area contributed by atoms with Crippen molar-refractivity contribution in [3.63, 3.8) is 0 Å². The number of aromatic nitrogens is 2. The van der Waals surface area contributed by atoms with Gasteiger partial charge in [-0.25, -0.2) is 4.79 Å². The average Bonchev–Trinajstić information content (AvgIpc) is 2.97. The van der Waals surface area contributed by atoms with Gasteiger partial charge in [0.25, 0.3) is 0 Å². The van der Waals surface area contributed by atoms with Gasteiger partial charge >= 0.3 is 6.03 Å². The number of nitrogens with one attached hydrogen (secondary N) is 2. The second kappa shape index (κ2) is 7.02. The number of hydrogen-bond donors (Lipinski definition) is 3. The Morgan fingerprint density at radius 3 is 2.95 bits per heavy atom. The van der Waals surface area contributed by atoms with Crippen molar-refractivity contribution in [3.05, 3.63) is 18.2 Å². The van der Waals surface area contributed by atoms with Crippen LogP contribution in [0.5, 0.6) is 0 Å². The highest BCUT2D eigenvalue weighted by molar-refractivity contribution is 7.12. The monoisotopic (exact) mass is 319 g/mol. The molecular formula is C15H21N5OS. The minimum absolute atomic E-state index is 0.163. The number of hydrogen-bond acceptors (Lipinski definition) is 5. The molecular weight excluding hydrogens is 298 g/mol. The molecule has 1 aliphatic carbocycles. The second-order valence-corrected chi connectivity index (χ2v) is 6.69. The van der Waals surface area contributed by atoms with Crippen LogP contribution in [0.15, 0.2) is 18.2 Å². The third kappa shape index (κ3) is 3.92. The molecule has 1 aromatic heterocycles. The van der Waals surface area contributed by atoms with Gasteiger partial charge in [-0.2, -0.15) is 0 Å². The number of urea groups is 1. The molecule has 0 aliphatic heterocycles. The van der Waals surface area contributed by atoms with Gasteiger partial charge in [-0.3, -0.25) is 0 Å². The normalized spacial score (nSPS) is 21.7. The van der Waals surface area contributed by atoms with Crippen molar-refractivity contribution in [2.75, 3.05) is 11.9 Å². The zero-order valence-electron chi connectivity index (χ0n) is 12.4. The van der Waals surface area contributed by atoms with E-state index >= 15 is 0 Å². The van der Waals surface area contributed by atoms with Crippen molar-refractivity contribution in [1.29, 1.82) is 0 Å². The third-order valence-corrected chi connectivity index (χ3v) is 4.92. The number of anilines is 1. The van der Waals surface area contributed by atoms with Crippen molar-refractivity contribution in [2.24, 2.45) is 11.7 Å². The number of nitrogens with two attached hydrogens (primary N) is 1. The molecule has 0 unspecified atom stereocenters. The number of fused-ring (bicyclic) bond motifs is 1. The lowest BCUT2D eigenvalue weighted by molar-refractivity contribution is 0.249. The largest absolute Gasteiger partial charge is 0.338 e. The quantitative estimate of drug-likeness (QED) is 0.808. The average molecular weight is 319 g/mol. The summed E-state index contributed by atoms with van der Waals surface area (Å²) in [6, 6.07) is 5.81. The first-order valence-electron chi connectivity index (χ1n) is 7.73. The minimum atomic E-state index is -0.163. The van der Waals surface area contributed by atoms with Crippen LogP contribution in [0.2, 0.25) is 0 Å². The SMILES string of the molecule is NC1CCC(CCNC(=O)Nc2ccc3nnsc3c2)CC1. The molecule has 1 saturated carbocycles. The van der Waals surface area contributed by atoms with Crippen LogP contribution in [-0.2, 0) is 0 Å². The Morgan fingerprint density at radius 1 is 1.32 bits per heavy atom. The fourth-order valence-corrected chi connectivity index (χ4v) is 3.50. The molecule has 22 heavy (non-hydrogen) atoms. The van der Waals surface area contributed by atoms with Gasteiger partial charge < -0.3 is 16.4 Å². The maximum atomic E-state index is 11.9. The molecule has 2 amide bonds. The maximum Gasteiger partial charge on any atom is 0.319 e.